The van der Waals surface area contributed by atoms with Gasteiger partial charge in [0.25, 0.3) is 11.5 Å². The van der Waals surface area contributed by atoms with Crippen LogP contribution in [-0.2, 0) is 6.54 Å². The van der Waals surface area contributed by atoms with Crippen LogP contribution in [0, 0.1) is 6.92 Å². The molecule has 3 aromatic rings. The molecule has 8 heteroatoms. The molecule has 0 saturated carbocycles. The van der Waals surface area contributed by atoms with Gasteiger partial charge in [0, 0.05) is 18.6 Å². The first-order chi connectivity index (χ1) is 13.8. The molecule has 1 amide bonds. The van der Waals surface area contributed by atoms with Gasteiger partial charge < -0.3 is 19.7 Å². The van der Waals surface area contributed by atoms with Crippen molar-refractivity contribution in [2.75, 3.05) is 14.2 Å². The Morgan fingerprint density at radius 2 is 2.00 bits per heavy atom. The van der Waals surface area contributed by atoms with Crippen molar-refractivity contribution < 1.29 is 14.6 Å². The van der Waals surface area contributed by atoms with E-state index in [0.717, 1.165) is 11.1 Å². The van der Waals surface area contributed by atoms with Gasteiger partial charge in [-0.2, -0.15) is 0 Å². The Morgan fingerprint density at radius 1 is 1.28 bits per heavy atom. The number of benzene rings is 2. The minimum atomic E-state index is -0.809. The van der Waals surface area contributed by atoms with Gasteiger partial charge in [-0.3, -0.25) is 9.59 Å². The summed E-state index contributed by atoms with van der Waals surface area (Å²) in [6, 6.07) is 12.4. The summed E-state index contributed by atoms with van der Waals surface area (Å²) in [5, 5.41) is 10.8. The quantitative estimate of drug-likeness (QED) is 0.668. The Kier molecular flexibility index (Phi) is 5.89. The molecule has 0 spiro atoms. The van der Waals surface area contributed by atoms with Crippen LogP contribution in [0.5, 0.6) is 11.5 Å². The van der Waals surface area contributed by atoms with Gasteiger partial charge in [0.1, 0.15) is 11.6 Å². The largest absolute Gasteiger partial charge is 0.501 e. The summed E-state index contributed by atoms with van der Waals surface area (Å²) >= 11 is 6.14. The number of carbonyl (C=O) groups is 1. The number of hydrogen-bond donors (Lipinski definition) is 2. The first-order valence-corrected chi connectivity index (χ1v) is 9.16. The fourth-order valence-corrected chi connectivity index (χ4v) is 3.05. The molecule has 2 aromatic carbocycles. The summed E-state index contributed by atoms with van der Waals surface area (Å²) in [4.78, 5) is 33.2. The molecule has 0 fully saturated rings. The van der Waals surface area contributed by atoms with Crippen LogP contribution in [-0.4, -0.2) is 40.0 Å². The molecule has 1 aromatic heterocycles. The number of ether oxygens (including phenoxy) is 1. The van der Waals surface area contributed by atoms with E-state index in [0.29, 0.717) is 16.3 Å². The van der Waals surface area contributed by atoms with Crippen LogP contribution in [0.2, 0.25) is 5.02 Å². The summed E-state index contributed by atoms with van der Waals surface area (Å²) in [7, 11) is 3.05. The van der Waals surface area contributed by atoms with E-state index in [1.165, 1.54) is 12.0 Å². The number of nitrogens with zero attached hydrogens (tertiary/aromatic N) is 2. The molecule has 0 saturated heterocycles. The van der Waals surface area contributed by atoms with Crippen molar-refractivity contribution in [2.24, 2.45) is 0 Å². The van der Waals surface area contributed by atoms with Gasteiger partial charge in [-0.05, 0) is 36.2 Å². The van der Waals surface area contributed by atoms with E-state index in [2.05, 4.69) is 9.97 Å². The SMILES string of the molecule is COc1ccccc1-c1nc(C(=O)N(C)Cc2ccc(C)c(Cl)c2)c(O)c(=O)[nH]1. The first-order valence-electron chi connectivity index (χ1n) is 8.79. The highest BCUT2D eigenvalue weighted by molar-refractivity contribution is 6.31. The second kappa shape index (κ2) is 8.36. The standard InChI is InChI=1S/C21H20ClN3O4/c1-12-8-9-13(10-15(12)22)11-25(2)21(28)17-18(26)20(27)24-19(23-17)14-6-4-5-7-16(14)29-3/h4-10,26H,11H2,1-3H3,(H,23,24,27). The number of para-hydroxylation sites is 1. The molecule has 0 radical (unpaired) electrons. The van der Waals surface area contributed by atoms with E-state index < -0.39 is 17.2 Å². The average Bonchev–Trinajstić information content (AvgIpc) is 2.72. The number of aromatic hydroxyl groups is 1. The van der Waals surface area contributed by atoms with E-state index in [9.17, 15) is 14.7 Å². The molecule has 0 aliphatic carbocycles. The number of halogens is 1. The van der Waals surface area contributed by atoms with Gasteiger partial charge in [-0.25, -0.2) is 4.98 Å². The lowest BCUT2D eigenvalue weighted by atomic mass is 10.1. The van der Waals surface area contributed by atoms with E-state index in [1.807, 2.05) is 19.1 Å². The normalized spacial score (nSPS) is 10.6. The number of aryl methyl sites for hydroxylation is 1. The molecule has 0 aliphatic heterocycles. The van der Waals surface area contributed by atoms with Crippen molar-refractivity contribution in [3.8, 4) is 22.9 Å². The minimum Gasteiger partial charge on any atom is -0.501 e. The van der Waals surface area contributed by atoms with Crippen molar-refractivity contribution >= 4 is 17.5 Å². The predicted octanol–water partition coefficient (Wildman–Crippen LogP) is 3.39. The number of aromatic nitrogens is 2. The zero-order valence-corrected chi connectivity index (χ0v) is 16.9. The third-order valence-electron chi connectivity index (χ3n) is 4.46. The Bertz CT molecular complexity index is 1130. The third kappa shape index (κ3) is 4.25. The number of carbonyl (C=O) groups excluding carboxylic acids is 1. The Labute approximate surface area is 172 Å². The maximum absolute atomic E-state index is 12.9. The molecule has 0 atom stereocenters. The molecule has 7 nitrogen and oxygen atoms in total. The highest BCUT2D eigenvalue weighted by atomic mass is 35.5. The molecular formula is C21H20ClN3O4. The van der Waals surface area contributed by atoms with E-state index >= 15 is 0 Å². The number of amides is 1. The van der Waals surface area contributed by atoms with Gasteiger partial charge in [-0.15, -0.1) is 0 Å². The monoisotopic (exact) mass is 413 g/mol. The lowest BCUT2D eigenvalue weighted by molar-refractivity contribution is 0.0775. The summed E-state index contributed by atoms with van der Waals surface area (Å²) in [6.07, 6.45) is 0. The molecule has 150 valence electrons. The average molecular weight is 414 g/mol. The number of nitrogens with one attached hydrogen (secondary N) is 1. The minimum absolute atomic E-state index is 0.125. The topological polar surface area (TPSA) is 95.5 Å². The van der Waals surface area contributed by atoms with Gasteiger partial charge in [0.05, 0.1) is 12.7 Å². The van der Waals surface area contributed by atoms with Gasteiger partial charge in [-0.1, -0.05) is 35.9 Å². The lowest BCUT2D eigenvalue weighted by Gasteiger charge is -2.18. The van der Waals surface area contributed by atoms with Crippen LogP contribution in [0.1, 0.15) is 21.6 Å². The summed E-state index contributed by atoms with van der Waals surface area (Å²) in [5.41, 5.74) is 1.09. The van der Waals surface area contributed by atoms with Crippen molar-refractivity contribution in [1.82, 2.24) is 14.9 Å². The first kappa shape index (κ1) is 20.4. The van der Waals surface area contributed by atoms with E-state index in [1.54, 1.807) is 37.4 Å². The fourth-order valence-electron chi connectivity index (χ4n) is 2.85. The van der Waals surface area contributed by atoms with Crippen LogP contribution in [0.4, 0.5) is 0 Å². The zero-order valence-electron chi connectivity index (χ0n) is 16.2. The third-order valence-corrected chi connectivity index (χ3v) is 4.87. The van der Waals surface area contributed by atoms with Crippen LogP contribution in [0.3, 0.4) is 0 Å². The maximum atomic E-state index is 12.9. The van der Waals surface area contributed by atoms with Gasteiger partial charge >= 0.3 is 0 Å². The lowest BCUT2D eigenvalue weighted by Crippen LogP contribution is -2.29. The van der Waals surface area contributed by atoms with Crippen LogP contribution < -0.4 is 10.3 Å². The van der Waals surface area contributed by atoms with Crippen molar-refractivity contribution in [3.63, 3.8) is 0 Å². The molecular weight excluding hydrogens is 394 g/mol. The van der Waals surface area contributed by atoms with E-state index in [-0.39, 0.29) is 18.1 Å². The van der Waals surface area contributed by atoms with E-state index in [4.69, 9.17) is 16.3 Å². The Balaban J connectivity index is 1.96. The number of methoxy groups -OCH3 is 1. The molecule has 0 aliphatic rings. The maximum Gasteiger partial charge on any atom is 0.294 e. The highest BCUT2D eigenvalue weighted by Crippen LogP contribution is 2.27. The molecule has 29 heavy (non-hydrogen) atoms. The van der Waals surface area contributed by atoms with Crippen LogP contribution >= 0.6 is 11.6 Å². The number of hydrogen-bond acceptors (Lipinski definition) is 5. The number of rotatable bonds is 5. The number of H-pyrrole nitrogens is 1. The molecule has 0 bridgehead atoms. The molecule has 1 heterocycles. The Morgan fingerprint density at radius 3 is 2.69 bits per heavy atom. The Hall–Kier alpha value is -3.32. The second-order valence-electron chi connectivity index (χ2n) is 6.56. The van der Waals surface area contributed by atoms with Crippen molar-refractivity contribution in [3.05, 3.63) is 74.7 Å². The summed E-state index contributed by atoms with van der Waals surface area (Å²) in [6.45, 7) is 2.12. The molecule has 2 N–H and O–H groups in total. The van der Waals surface area contributed by atoms with Crippen LogP contribution in [0.15, 0.2) is 47.3 Å². The predicted molar refractivity (Wildman–Crippen MR) is 110 cm³/mol. The highest BCUT2D eigenvalue weighted by Gasteiger charge is 2.23. The van der Waals surface area contributed by atoms with Gasteiger partial charge in [0.2, 0.25) is 5.75 Å². The van der Waals surface area contributed by atoms with Crippen molar-refractivity contribution in [2.45, 2.75) is 13.5 Å². The smallest absolute Gasteiger partial charge is 0.294 e. The summed E-state index contributed by atoms with van der Waals surface area (Å²) in [5.74, 6) is -0.730. The second-order valence-corrected chi connectivity index (χ2v) is 6.96. The van der Waals surface area contributed by atoms with Gasteiger partial charge in [0.15, 0.2) is 5.69 Å². The zero-order chi connectivity index (χ0) is 21.1. The van der Waals surface area contributed by atoms with Crippen LogP contribution in [0.25, 0.3) is 11.4 Å². The fraction of sp³-hybridized carbons (Fsp3) is 0.190. The summed E-state index contributed by atoms with van der Waals surface area (Å²) < 4.78 is 5.29. The molecule has 0 unspecified atom stereocenters. The van der Waals surface area contributed by atoms with Crippen molar-refractivity contribution in [1.29, 1.82) is 0 Å². The molecule has 3 rings (SSSR count). The number of aromatic amines is 1.